The molecule has 1 atom stereocenters. The molecule has 4 rings (SSSR count). The van der Waals surface area contributed by atoms with E-state index in [0.717, 1.165) is 0 Å². The molecule has 0 spiro atoms. The Labute approximate surface area is 282 Å². The largest absolute Gasteiger partial charge is 0.447 e. The zero-order chi connectivity index (χ0) is 35.0. The van der Waals surface area contributed by atoms with Gasteiger partial charge in [0, 0.05) is 57.7 Å². The Morgan fingerprint density at radius 3 is 2.42 bits per heavy atom. The number of rotatable bonds is 10. The Kier molecular flexibility index (Phi) is 12.1. The summed E-state index contributed by atoms with van der Waals surface area (Å²) in [6, 6.07) is 9.12. The fourth-order valence-electron chi connectivity index (χ4n) is 5.05. The number of nitrogens with zero attached hydrogens (tertiary/aromatic N) is 4. The number of hydrogen-bond acceptors (Lipinski definition) is 8. The number of fused-ring (bicyclic) bond motifs is 1. The molecule has 1 saturated heterocycles. The van der Waals surface area contributed by atoms with E-state index >= 15 is 0 Å². The van der Waals surface area contributed by atoms with Gasteiger partial charge in [-0.15, -0.1) is 0 Å². The molecular formula is C33H39ClF2N6O6. The summed E-state index contributed by atoms with van der Waals surface area (Å²) in [5, 5.41) is 4.81. The maximum absolute atomic E-state index is 14.0. The van der Waals surface area contributed by atoms with Crippen molar-refractivity contribution >= 4 is 52.2 Å². The van der Waals surface area contributed by atoms with Crippen molar-refractivity contribution in [3.8, 4) is 0 Å². The first kappa shape index (κ1) is 36.3. The first-order chi connectivity index (χ1) is 22.7. The number of ether oxygens (including phenoxy) is 2. The fourth-order valence-corrected chi connectivity index (χ4v) is 5.24. The van der Waals surface area contributed by atoms with Crippen molar-refractivity contribution in [1.29, 1.82) is 0 Å². The number of amides is 4. The van der Waals surface area contributed by atoms with Gasteiger partial charge in [0.05, 0.1) is 11.1 Å². The molecule has 0 saturated carbocycles. The first-order valence-corrected chi connectivity index (χ1v) is 15.8. The lowest BCUT2D eigenvalue weighted by molar-refractivity contribution is -0.139. The summed E-state index contributed by atoms with van der Waals surface area (Å²) in [4.78, 5) is 58.6. The van der Waals surface area contributed by atoms with E-state index in [9.17, 15) is 28.0 Å². The molecule has 258 valence electrons. The molecule has 1 aliphatic heterocycles. The molecule has 1 aliphatic rings. The summed E-state index contributed by atoms with van der Waals surface area (Å²) in [6.07, 6.45) is 0.231. The monoisotopic (exact) mass is 688 g/mol. The standard InChI is InChI=1S/C33H39ClF2N6O6/c1-21(43)42(38-19-23-6-5-7-27(36)30(23)34)26(10-11-29(44)40-12-14-41(15-13-40)32(46)48-33(2,3)4)20-47-31(45)39-28-17-24-16-25(35)9-8-22(24)18-37-28/h5-9,16-18,26,38H,10-15,19-20H2,1-4H3,(H,37,39,45)/t26-/m0/s1. The van der Waals surface area contributed by atoms with Crippen molar-refractivity contribution in [3.05, 3.63) is 70.9 Å². The summed E-state index contributed by atoms with van der Waals surface area (Å²) < 4.78 is 38.6. The minimum atomic E-state index is -0.885. The van der Waals surface area contributed by atoms with Gasteiger partial charge in [-0.3, -0.25) is 19.9 Å². The summed E-state index contributed by atoms with van der Waals surface area (Å²) in [6.45, 7) is 7.50. The number of benzene rings is 2. The molecule has 0 unspecified atom stereocenters. The van der Waals surface area contributed by atoms with Crippen LogP contribution in [0.3, 0.4) is 0 Å². The van der Waals surface area contributed by atoms with Crippen molar-refractivity contribution in [2.24, 2.45) is 0 Å². The van der Waals surface area contributed by atoms with Gasteiger partial charge in [0.25, 0.3) is 0 Å². The molecule has 1 aromatic heterocycles. The van der Waals surface area contributed by atoms with Gasteiger partial charge in [-0.1, -0.05) is 23.7 Å². The smallest absolute Gasteiger partial charge is 0.412 e. The third-order valence-corrected chi connectivity index (χ3v) is 7.90. The molecule has 2 heterocycles. The number of hydrazine groups is 1. The van der Waals surface area contributed by atoms with Gasteiger partial charge in [0.15, 0.2) is 0 Å². The lowest BCUT2D eigenvalue weighted by Gasteiger charge is -2.36. The van der Waals surface area contributed by atoms with Crippen molar-refractivity contribution in [1.82, 2.24) is 25.2 Å². The van der Waals surface area contributed by atoms with Crippen LogP contribution < -0.4 is 10.7 Å². The van der Waals surface area contributed by atoms with Crippen LogP contribution in [0.4, 0.5) is 24.2 Å². The highest BCUT2D eigenvalue weighted by Gasteiger charge is 2.29. The summed E-state index contributed by atoms with van der Waals surface area (Å²) in [5.41, 5.74) is 2.68. The molecule has 15 heteroatoms. The number of halogens is 3. The minimum Gasteiger partial charge on any atom is -0.447 e. The molecular weight excluding hydrogens is 650 g/mol. The van der Waals surface area contributed by atoms with Crippen LogP contribution in [-0.4, -0.2) is 88.2 Å². The Hall–Kier alpha value is -4.56. The van der Waals surface area contributed by atoms with Gasteiger partial charge in [-0.2, -0.15) is 0 Å². The molecule has 0 bridgehead atoms. The number of nitrogens with one attached hydrogen (secondary N) is 2. The Balaban J connectivity index is 1.41. The van der Waals surface area contributed by atoms with Gasteiger partial charge in [0.1, 0.15) is 29.7 Å². The van der Waals surface area contributed by atoms with Gasteiger partial charge in [-0.05, 0) is 68.5 Å². The van der Waals surface area contributed by atoms with Crippen molar-refractivity contribution in [3.63, 3.8) is 0 Å². The Bertz CT molecular complexity index is 1650. The number of piperazine rings is 1. The number of carbonyl (C=O) groups excluding carboxylic acids is 4. The van der Waals surface area contributed by atoms with Crippen LogP contribution in [-0.2, 0) is 25.6 Å². The molecule has 4 amide bonds. The third kappa shape index (κ3) is 10.2. The quantitative estimate of drug-likeness (QED) is 0.267. The molecule has 1 fully saturated rings. The number of aromatic nitrogens is 1. The van der Waals surface area contributed by atoms with E-state index in [1.807, 2.05) is 0 Å². The SMILES string of the molecule is CC(=O)N(NCc1cccc(F)c1Cl)[C@@H](CCC(=O)N1CCN(C(=O)OC(C)(C)C)CC1)COC(=O)Nc1cc2cc(F)ccc2cn1. The van der Waals surface area contributed by atoms with Crippen LogP contribution in [0.2, 0.25) is 5.02 Å². The predicted molar refractivity (Wildman–Crippen MR) is 175 cm³/mol. The number of carbonyl (C=O) groups is 4. The lowest BCUT2D eigenvalue weighted by Crippen LogP contribution is -2.53. The van der Waals surface area contributed by atoms with E-state index in [1.165, 1.54) is 48.5 Å². The second kappa shape index (κ2) is 16.0. The third-order valence-electron chi connectivity index (χ3n) is 7.47. The molecule has 0 aliphatic carbocycles. The van der Waals surface area contributed by atoms with E-state index in [4.69, 9.17) is 21.1 Å². The van der Waals surface area contributed by atoms with E-state index in [2.05, 4.69) is 15.7 Å². The minimum absolute atomic E-state index is 0.00788. The normalized spacial score (nSPS) is 14.0. The van der Waals surface area contributed by atoms with E-state index < -0.39 is 41.4 Å². The second-order valence-electron chi connectivity index (χ2n) is 12.3. The molecule has 2 aromatic carbocycles. The van der Waals surface area contributed by atoms with Crippen LogP contribution in [0.25, 0.3) is 10.8 Å². The average molecular weight is 689 g/mol. The highest BCUT2D eigenvalue weighted by atomic mass is 35.5. The maximum atomic E-state index is 14.0. The van der Waals surface area contributed by atoms with E-state index in [1.54, 1.807) is 42.7 Å². The number of pyridine rings is 1. The van der Waals surface area contributed by atoms with Crippen LogP contribution in [0.5, 0.6) is 0 Å². The second-order valence-corrected chi connectivity index (χ2v) is 12.6. The van der Waals surface area contributed by atoms with Crippen LogP contribution in [0, 0.1) is 11.6 Å². The summed E-state index contributed by atoms with van der Waals surface area (Å²) in [5.74, 6) is -1.60. The Morgan fingerprint density at radius 1 is 1.02 bits per heavy atom. The average Bonchev–Trinajstić information content (AvgIpc) is 3.02. The zero-order valence-corrected chi connectivity index (χ0v) is 28.0. The van der Waals surface area contributed by atoms with E-state index in [0.29, 0.717) is 42.5 Å². The summed E-state index contributed by atoms with van der Waals surface area (Å²) in [7, 11) is 0. The van der Waals surface area contributed by atoms with Gasteiger partial charge >= 0.3 is 12.2 Å². The van der Waals surface area contributed by atoms with Crippen molar-refractivity contribution in [2.45, 2.75) is 58.7 Å². The predicted octanol–water partition coefficient (Wildman–Crippen LogP) is 5.50. The van der Waals surface area contributed by atoms with Gasteiger partial charge in [0.2, 0.25) is 11.8 Å². The lowest BCUT2D eigenvalue weighted by atomic mass is 10.1. The van der Waals surface area contributed by atoms with Crippen LogP contribution in [0.15, 0.2) is 48.7 Å². The molecule has 2 N–H and O–H groups in total. The Morgan fingerprint density at radius 2 is 1.73 bits per heavy atom. The molecule has 12 nitrogen and oxygen atoms in total. The topological polar surface area (TPSA) is 133 Å². The number of hydrogen-bond donors (Lipinski definition) is 2. The van der Waals surface area contributed by atoms with Crippen LogP contribution in [0.1, 0.15) is 46.1 Å². The van der Waals surface area contributed by atoms with Crippen molar-refractivity contribution < 1.29 is 37.4 Å². The summed E-state index contributed by atoms with van der Waals surface area (Å²) >= 11 is 6.11. The molecule has 48 heavy (non-hydrogen) atoms. The molecule has 3 aromatic rings. The highest BCUT2D eigenvalue weighted by molar-refractivity contribution is 6.31. The fraction of sp³-hybridized carbons (Fsp3) is 0.424. The first-order valence-electron chi connectivity index (χ1n) is 15.4. The van der Waals surface area contributed by atoms with Gasteiger partial charge in [-0.25, -0.2) is 28.8 Å². The van der Waals surface area contributed by atoms with E-state index in [-0.39, 0.29) is 42.7 Å². The number of anilines is 1. The van der Waals surface area contributed by atoms with Crippen molar-refractivity contribution in [2.75, 3.05) is 38.1 Å². The van der Waals surface area contributed by atoms with Crippen LogP contribution >= 0.6 is 11.6 Å². The van der Waals surface area contributed by atoms with Gasteiger partial charge < -0.3 is 19.3 Å². The zero-order valence-electron chi connectivity index (χ0n) is 27.2. The highest BCUT2D eigenvalue weighted by Crippen LogP contribution is 2.21. The maximum Gasteiger partial charge on any atom is 0.412 e. The molecule has 0 radical (unpaired) electrons.